The van der Waals surface area contributed by atoms with Crippen molar-refractivity contribution in [3.8, 4) is 0 Å². The fourth-order valence-electron chi connectivity index (χ4n) is 1.96. The number of benzene rings is 2. The van der Waals surface area contributed by atoms with E-state index >= 15 is 0 Å². The number of alkyl halides is 3. The van der Waals surface area contributed by atoms with Gasteiger partial charge >= 0.3 is 6.18 Å². The maximum absolute atomic E-state index is 12.8. The Balaban J connectivity index is 2.30. The second-order valence-electron chi connectivity index (χ2n) is 4.55. The van der Waals surface area contributed by atoms with Crippen molar-refractivity contribution in [2.45, 2.75) is 18.6 Å². The smallest absolute Gasteiger partial charge is 0.377 e. The Morgan fingerprint density at radius 3 is 2.38 bits per heavy atom. The second kappa shape index (κ2) is 6.71. The average molecular weight is 379 g/mol. The Labute approximate surface area is 134 Å². The molecule has 2 aromatic carbocycles. The third kappa shape index (κ3) is 4.93. The van der Waals surface area contributed by atoms with E-state index in [-0.39, 0.29) is 0 Å². The fraction of sp³-hybridized carbons (Fsp3) is 0.200. The standard InChI is InChI=1S/C15H12BrClF3N/c16-11-6-7-12(17)13(8-11)21-14(9-15(18,19)20)10-4-2-1-3-5-10/h1-8,14,21H,9H2. The van der Waals surface area contributed by atoms with Crippen LogP contribution in [-0.4, -0.2) is 6.18 Å². The van der Waals surface area contributed by atoms with Crippen LogP contribution in [0.1, 0.15) is 18.0 Å². The third-order valence-electron chi connectivity index (χ3n) is 2.90. The molecule has 1 atom stereocenters. The highest BCUT2D eigenvalue weighted by molar-refractivity contribution is 9.10. The molecule has 0 aliphatic rings. The summed E-state index contributed by atoms with van der Waals surface area (Å²) < 4.78 is 39.1. The van der Waals surface area contributed by atoms with Crippen molar-refractivity contribution < 1.29 is 13.2 Å². The summed E-state index contributed by atoms with van der Waals surface area (Å²) in [6.07, 6.45) is -5.24. The van der Waals surface area contributed by atoms with Crippen LogP contribution in [0.25, 0.3) is 0 Å². The van der Waals surface area contributed by atoms with Crippen LogP contribution in [0.5, 0.6) is 0 Å². The van der Waals surface area contributed by atoms with Gasteiger partial charge in [-0.25, -0.2) is 0 Å². The highest BCUT2D eigenvalue weighted by Crippen LogP contribution is 2.35. The predicted octanol–water partition coefficient (Wildman–Crippen LogP) is 6.21. The van der Waals surface area contributed by atoms with Crippen LogP contribution >= 0.6 is 27.5 Å². The van der Waals surface area contributed by atoms with Crippen LogP contribution in [0.3, 0.4) is 0 Å². The van der Waals surface area contributed by atoms with Crippen molar-refractivity contribution in [3.05, 3.63) is 63.6 Å². The highest BCUT2D eigenvalue weighted by Gasteiger charge is 2.32. The van der Waals surface area contributed by atoms with Gasteiger partial charge in [0.1, 0.15) is 0 Å². The number of nitrogens with one attached hydrogen (secondary N) is 1. The Morgan fingerprint density at radius 2 is 1.76 bits per heavy atom. The minimum Gasteiger partial charge on any atom is -0.377 e. The zero-order valence-corrected chi connectivity index (χ0v) is 13.1. The van der Waals surface area contributed by atoms with Crippen LogP contribution in [-0.2, 0) is 0 Å². The van der Waals surface area contributed by atoms with E-state index in [1.807, 2.05) is 0 Å². The number of hydrogen-bond acceptors (Lipinski definition) is 1. The lowest BCUT2D eigenvalue weighted by Crippen LogP contribution is -2.20. The maximum atomic E-state index is 12.8. The molecule has 0 bridgehead atoms. The summed E-state index contributed by atoms with van der Waals surface area (Å²) in [6, 6.07) is 12.6. The first kappa shape index (κ1) is 16.2. The molecule has 0 aliphatic heterocycles. The molecule has 0 heterocycles. The van der Waals surface area contributed by atoms with Crippen LogP contribution in [0.15, 0.2) is 53.0 Å². The monoisotopic (exact) mass is 377 g/mol. The maximum Gasteiger partial charge on any atom is 0.391 e. The SMILES string of the molecule is FC(F)(F)CC(Nc1cc(Br)ccc1Cl)c1ccccc1. The Morgan fingerprint density at radius 1 is 1.10 bits per heavy atom. The molecule has 0 aromatic heterocycles. The van der Waals surface area contributed by atoms with E-state index in [4.69, 9.17) is 11.6 Å². The molecule has 2 aromatic rings. The first-order valence-corrected chi connectivity index (χ1v) is 7.35. The zero-order valence-electron chi connectivity index (χ0n) is 10.8. The minimum atomic E-state index is -4.27. The molecule has 0 saturated heterocycles. The van der Waals surface area contributed by atoms with Gasteiger partial charge in [0.2, 0.25) is 0 Å². The predicted molar refractivity (Wildman–Crippen MR) is 82.6 cm³/mol. The molecule has 1 unspecified atom stereocenters. The van der Waals surface area contributed by atoms with Gasteiger partial charge in [-0.1, -0.05) is 57.9 Å². The Hall–Kier alpha value is -1.20. The molecular formula is C15H12BrClF3N. The van der Waals surface area contributed by atoms with Crippen molar-refractivity contribution in [2.75, 3.05) is 5.32 Å². The van der Waals surface area contributed by atoms with Gasteiger partial charge in [-0.05, 0) is 23.8 Å². The molecule has 21 heavy (non-hydrogen) atoms. The quantitative estimate of drug-likeness (QED) is 0.667. The molecule has 0 amide bonds. The van der Waals surface area contributed by atoms with Crippen molar-refractivity contribution in [1.82, 2.24) is 0 Å². The lowest BCUT2D eigenvalue weighted by Gasteiger charge is -2.22. The fourth-order valence-corrected chi connectivity index (χ4v) is 2.50. The lowest BCUT2D eigenvalue weighted by molar-refractivity contribution is -0.137. The van der Waals surface area contributed by atoms with E-state index in [1.165, 1.54) is 0 Å². The normalized spacial score (nSPS) is 13.0. The zero-order chi connectivity index (χ0) is 15.5. The molecule has 0 spiro atoms. The largest absolute Gasteiger partial charge is 0.391 e. The van der Waals surface area contributed by atoms with Gasteiger partial charge in [0.15, 0.2) is 0 Å². The van der Waals surface area contributed by atoms with Crippen LogP contribution < -0.4 is 5.32 Å². The molecule has 0 aliphatic carbocycles. The highest BCUT2D eigenvalue weighted by atomic mass is 79.9. The van der Waals surface area contributed by atoms with Gasteiger partial charge in [-0.3, -0.25) is 0 Å². The van der Waals surface area contributed by atoms with Crippen molar-refractivity contribution in [1.29, 1.82) is 0 Å². The van der Waals surface area contributed by atoms with Gasteiger partial charge < -0.3 is 5.32 Å². The van der Waals surface area contributed by atoms with E-state index in [2.05, 4.69) is 21.2 Å². The number of hydrogen-bond donors (Lipinski definition) is 1. The first-order valence-electron chi connectivity index (χ1n) is 6.18. The Bertz CT molecular complexity index is 602. The summed E-state index contributed by atoms with van der Waals surface area (Å²) in [5.41, 5.74) is 1.02. The first-order chi connectivity index (χ1) is 9.85. The van der Waals surface area contributed by atoms with Gasteiger partial charge in [0.25, 0.3) is 0 Å². The molecule has 1 nitrogen and oxygen atoms in total. The van der Waals surface area contributed by atoms with E-state index in [9.17, 15) is 13.2 Å². The molecule has 1 N–H and O–H groups in total. The van der Waals surface area contributed by atoms with Crippen LogP contribution in [0, 0.1) is 0 Å². The van der Waals surface area contributed by atoms with Gasteiger partial charge in [-0.2, -0.15) is 13.2 Å². The van der Waals surface area contributed by atoms with Crippen LogP contribution in [0.2, 0.25) is 5.02 Å². The summed E-state index contributed by atoms with van der Waals surface area (Å²) in [6.45, 7) is 0. The van der Waals surface area contributed by atoms with Gasteiger partial charge in [0, 0.05) is 4.47 Å². The molecular weight excluding hydrogens is 367 g/mol. The molecule has 112 valence electrons. The van der Waals surface area contributed by atoms with E-state index in [1.54, 1.807) is 48.5 Å². The van der Waals surface area contributed by atoms with Crippen molar-refractivity contribution in [2.24, 2.45) is 0 Å². The Kier molecular flexibility index (Phi) is 5.17. The molecule has 0 saturated carbocycles. The summed E-state index contributed by atoms with van der Waals surface area (Å²) in [5.74, 6) is 0. The summed E-state index contributed by atoms with van der Waals surface area (Å²) >= 11 is 9.32. The topological polar surface area (TPSA) is 12.0 Å². The number of anilines is 1. The third-order valence-corrected chi connectivity index (χ3v) is 3.72. The van der Waals surface area contributed by atoms with Crippen molar-refractivity contribution in [3.63, 3.8) is 0 Å². The van der Waals surface area contributed by atoms with E-state index < -0.39 is 18.6 Å². The average Bonchev–Trinajstić information content (AvgIpc) is 2.42. The van der Waals surface area contributed by atoms with Gasteiger partial charge in [-0.15, -0.1) is 0 Å². The number of rotatable bonds is 4. The second-order valence-corrected chi connectivity index (χ2v) is 5.87. The minimum absolute atomic E-state index is 0.376. The summed E-state index contributed by atoms with van der Waals surface area (Å²) in [4.78, 5) is 0. The molecule has 6 heteroatoms. The summed E-state index contributed by atoms with van der Waals surface area (Å²) in [5, 5.41) is 3.26. The van der Waals surface area contributed by atoms with E-state index in [0.717, 1.165) is 4.47 Å². The lowest BCUT2D eigenvalue weighted by atomic mass is 10.0. The number of halogens is 5. The molecule has 0 fully saturated rings. The van der Waals surface area contributed by atoms with Crippen molar-refractivity contribution >= 4 is 33.2 Å². The summed E-state index contributed by atoms with van der Waals surface area (Å²) in [7, 11) is 0. The van der Waals surface area contributed by atoms with Gasteiger partial charge in [0.05, 0.1) is 23.2 Å². The molecule has 0 radical (unpaired) electrons. The van der Waals surface area contributed by atoms with E-state index in [0.29, 0.717) is 16.3 Å². The van der Waals surface area contributed by atoms with Crippen LogP contribution in [0.4, 0.5) is 18.9 Å². The molecule has 2 rings (SSSR count).